The topological polar surface area (TPSA) is 0 Å². The van der Waals surface area contributed by atoms with Crippen molar-refractivity contribution in [3.8, 4) is 11.1 Å². The smallest absolute Gasteiger partial charge is 0.0398 e. The summed E-state index contributed by atoms with van der Waals surface area (Å²) in [5, 5.41) is 0. The number of benzene rings is 3. The van der Waals surface area contributed by atoms with Crippen LogP contribution in [0.3, 0.4) is 0 Å². The van der Waals surface area contributed by atoms with Crippen LogP contribution >= 0.6 is 0 Å². The van der Waals surface area contributed by atoms with Crippen molar-refractivity contribution >= 4 is 3.27 Å². The maximum Gasteiger partial charge on any atom is -0.0398 e. The molecule has 1 aliphatic carbocycles. The van der Waals surface area contributed by atoms with Gasteiger partial charge in [-0.2, -0.15) is 0 Å². The number of hydrogen-bond donors (Lipinski definition) is 0. The molecule has 31 heavy (non-hydrogen) atoms. The van der Waals surface area contributed by atoms with E-state index in [2.05, 4.69) is 90.9 Å². The summed E-state index contributed by atoms with van der Waals surface area (Å²) in [5.74, 6) is 0. The van der Waals surface area contributed by atoms with Crippen molar-refractivity contribution in [3.05, 3.63) is 88.5 Å². The van der Waals surface area contributed by atoms with E-state index < -0.39 is 0 Å². The second-order valence-electron chi connectivity index (χ2n) is 10.2. The third kappa shape index (κ3) is 6.57. The first-order chi connectivity index (χ1) is 13.5. The zero-order valence-electron chi connectivity index (χ0n) is 19.7. The summed E-state index contributed by atoms with van der Waals surface area (Å²) in [6.45, 7) is 15.9. The molecule has 0 unspecified atom stereocenters. The second-order valence-corrected chi connectivity index (χ2v) is 11.4. The van der Waals surface area contributed by atoms with E-state index in [0.29, 0.717) is 0 Å². The van der Waals surface area contributed by atoms with E-state index in [1.807, 2.05) is 18.2 Å². The number of aryl methyl sites for hydroxylation is 1. The van der Waals surface area contributed by atoms with Crippen molar-refractivity contribution in [2.45, 2.75) is 65.7 Å². The van der Waals surface area contributed by atoms with E-state index in [9.17, 15) is 0 Å². The molecule has 0 saturated carbocycles. The van der Waals surface area contributed by atoms with E-state index in [1.165, 1.54) is 33.4 Å². The Bertz CT molecular complexity index is 1010. The Morgan fingerprint density at radius 1 is 0.710 bits per heavy atom. The molecule has 0 spiro atoms. The summed E-state index contributed by atoms with van der Waals surface area (Å²) in [6, 6.07) is 22.1. The van der Waals surface area contributed by atoms with Gasteiger partial charge in [0.05, 0.1) is 0 Å². The Morgan fingerprint density at radius 2 is 1.29 bits per heavy atom. The van der Waals surface area contributed by atoms with Crippen LogP contribution in [0.25, 0.3) is 11.1 Å². The van der Waals surface area contributed by atoms with Gasteiger partial charge in [-0.15, -0.1) is 0 Å². The molecular formula is C28H33Cl2Zr. The molecule has 3 aromatic carbocycles. The molecular weight excluding hydrogens is 498 g/mol. The zero-order chi connectivity index (χ0) is 21.4. The molecule has 0 saturated heterocycles. The SMILES string of the molecule is CC(C)(C)c1ccc2c(c1)Cc1c-2ccc(C(C)(C)C)[c]1[Zr+2].Cc1ccccc1.[Cl-].[Cl-]. The average molecular weight is 532 g/mol. The molecule has 3 aromatic rings. The Kier molecular flexibility index (Phi) is 9.83. The van der Waals surface area contributed by atoms with Crippen molar-refractivity contribution in [1.29, 1.82) is 0 Å². The van der Waals surface area contributed by atoms with Gasteiger partial charge in [-0.05, 0) is 6.92 Å². The van der Waals surface area contributed by atoms with E-state index in [4.69, 9.17) is 0 Å². The predicted molar refractivity (Wildman–Crippen MR) is 123 cm³/mol. The molecule has 0 radical (unpaired) electrons. The van der Waals surface area contributed by atoms with Crippen LogP contribution in [0, 0.1) is 6.92 Å². The first-order valence-corrected chi connectivity index (χ1v) is 11.7. The van der Waals surface area contributed by atoms with Crippen LogP contribution in [-0.4, -0.2) is 0 Å². The molecule has 0 aliphatic heterocycles. The molecule has 1 aliphatic rings. The molecule has 0 heterocycles. The van der Waals surface area contributed by atoms with Gasteiger partial charge in [-0.1, -0.05) is 35.9 Å². The summed E-state index contributed by atoms with van der Waals surface area (Å²) < 4.78 is 1.57. The van der Waals surface area contributed by atoms with Crippen LogP contribution in [0.2, 0.25) is 0 Å². The van der Waals surface area contributed by atoms with Gasteiger partial charge < -0.3 is 24.8 Å². The van der Waals surface area contributed by atoms with E-state index in [0.717, 1.165) is 6.42 Å². The fourth-order valence-corrected chi connectivity index (χ4v) is 5.58. The quantitative estimate of drug-likeness (QED) is 0.318. The standard InChI is InChI=1S/C21H25.C7H8.2ClH.Zr/c1-20(2,3)16-7-9-18-14(12-16)11-15-13-17(21(4,5)6)8-10-19(15)18;1-7-5-3-2-4-6-7;;;/h7-10,12H,11H2,1-6H3;2-6H,1H3;2*1H;/q;;;;+2/p-2. The molecule has 163 valence electrons. The molecule has 0 fully saturated rings. The van der Waals surface area contributed by atoms with E-state index >= 15 is 0 Å². The Balaban J connectivity index is 0.000000459. The first kappa shape index (κ1) is 28.2. The van der Waals surface area contributed by atoms with Gasteiger partial charge in [0.2, 0.25) is 0 Å². The number of fused-ring (bicyclic) bond motifs is 3. The number of hydrogen-bond acceptors (Lipinski definition) is 0. The van der Waals surface area contributed by atoms with Crippen LogP contribution in [0.15, 0.2) is 60.7 Å². The molecule has 0 nitrogen and oxygen atoms in total. The van der Waals surface area contributed by atoms with Crippen LogP contribution in [0.1, 0.15) is 69.4 Å². The van der Waals surface area contributed by atoms with Gasteiger partial charge >= 0.3 is 150 Å². The molecule has 0 N–H and O–H groups in total. The summed E-state index contributed by atoms with van der Waals surface area (Å²) in [7, 11) is 0. The monoisotopic (exact) mass is 529 g/mol. The predicted octanol–water partition coefficient (Wildman–Crippen LogP) is 1.03. The largest absolute Gasteiger partial charge is 1.00 e. The maximum absolute atomic E-state index is 2.43. The normalized spacial score (nSPS) is 11.9. The molecule has 0 aromatic heterocycles. The summed E-state index contributed by atoms with van der Waals surface area (Å²) in [4.78, 5) is 0. The van der Waals surface area contributed by atoms with Crippen molar-refractivity contribution in [2.24, 2.45) is 0 Å². The summed E-state index contributed by atoms with van der Waals surface area (Å²) in [6.07, 6.45) is 1.11. The van der Waals surface area contributed by atoms with E-state index in [-0.39, 0.29) is 35.6 Å². The Morgan fingerprint density at radius 3 is 1.77 bits per heavy atom. The van der Waals surface area contributed by atoms with Crippen molar-refractivity contribution < 1.29 is 49.5 Å². The van der Waals surface area contributed by atoms with Gasteiger partial charge in [0, 0.05) is 0 Å². The fraction of sp³-hybridized carbons (Fsp3) is 0.357. The average Bonchev–Trinajstić information content (AvgIpc) is 3.00. The maximum atomic E-state index is 2.43. The molecule has 0 amide bonds. The van der Waals surface area contributed by atoms with Gasteiger partial charge in [0.25, 0.3) is 0 Å². The third-order valence-corrected chi connectivity index (χ3v) is 7.09. The van der Waals surface area contributed by atoms with Crippen LogP contribution in [0.4, 0.5) is 0 Å². The molecule has 0 bridgehead atoms. The van der Waals surface area contributed by atoms with Crippen LogP contribution < -0.4 is 28.1 Å². The Hall–Kier alpha value is -0.877. The minimum Gasteiger partial charge on any atom is -1.00 e. The van der Waals surface area contributed by atoms with Crippen LogP contribution in [0.5, 0.6) is 0 Å². The number of rotatable bonds is 0. The molecule has 3 heteroatoms. The third-order valence-electron chi connectivity index (χ3n) is 5.69. The fourth-order valence-electron chi connectivity index (χ4n) is 3.90. The van der Waals surface area contributed by atoms with Crippen LogP contribution in [-0.2, 0) is 42.0 Å². The van der Waals surface area contributed by atoms with Crippen molar-refractivity contribution in [2.75, 3.05) is 0 Å². The van der Waals surface area contributed by atoms with Crippen molar-refractivity contribution in [3.63, 3.8) is 0 Å². The second kappa shape index (κ2) is 10.8. The first-order valence-electron chi connectivity index (χ1n) is 10.5. The van der Waals surface area contributed by atoms with Gasteiger partial charge in [0.1, 0.15) is 0 Å². The summed E-state index contributed by atoms with van der Waals surface area (Å²) >= 11 is 1.54. The number of halogens is 2. The van der Waals surface area contributed by atoms with Crippen molar-refractivity contribution in [1.82, 2.24) is 0 Å². The zero-order valence-corrected chi connectivity index (χ0v) is 23.7. The molecule has 0 atom stereocenters. The van der Waals surface area contributed by atoms with Gasteiger partial charge in [0.15, 0.2) is 0 Å². The minimum atomic E-state index is 0. The summed E-state index contributed by atoms with van der Waals surface area (Å²) in [5.41, 5.74) is 10.8. The van der Waals surface area contributed by atoms with Gasteiger partial charge in [-0.3, -0.25) is 0 Å². The van der Waals surface area contributed by atoms with E-state index in [1.54, 1.807) is 33.6 Å². The minimum absolute atomic E-state index is 0. The Labute approximate surface area is 216 Å². The molecule has 4 rings (SSSR count). The van der Waals surface area contributed by atoms with Gasteiger partial charge in [-0.25, -0.2) is 0 Å².